The number of nitrogens with one attached hydrogen (secondary N) is 1. The number of benzene rings is 1. The number of rotatable bonds is 8. The van der Waals surface area contributed by atoms with Gasteiger partial charge in [-0.3, -0.25) is 9.19 Å². The van der Waals surface area contributed by atoms with E-state index in [1.807, 2.05) is 0 Å². The van der Waals surface area contributed by atoms with Gasteiger partial charge in [-0.1, -0.05) is 12.1 Å². The molecule has 0 radical (unpaired) electrons. The number of nitrogens with zero attached hydrogens (tertiary/aromatic N) is 3. The van der Waals surface area contributed by atoms with E-state index < -0.39 is 23.6 Å². The molecule has 0 spiro atoms. The van der Waals surface area contributed by atoms with Crippen molar-refractivity contribution in [1.82, 2.24) is 14.6 Å². The lowest BCUT2D eigenvalue weighted by atomic mass is 10.2. The Morgan fingerprint density at radius 3 is 2.76 bits per heavy atom. The summed E-state index contributed by atoms with van der Waals surface area (Å²) in [7, 11) is -1.65. The molecule has 0 aliphatic rings. The van der Waals surface area contributed by atoms with Crippen LogP contribution in [0.25, 0.3) is 11.0 Å². The maximum absolute atomic E-state index is 13.0. The van der Waals surface area contributed by atoms with Crippen LogP contribution in [-0.2, 0) is 16.6 Å². The molecule has 0 aliphatic carbocycles. The number of halogens is 3. The van der Waals surface area contributed by atoms with Crippen LogP contribution in [0.3, 0.4) is 0 Å². The molecular formula is C18H19F3N4O3S. The number of hydrogen-bond acceptors (Lipinski definition) is 6. The van der Waals surface area contributed by atoms with Gasteiger partial charge >= 0.3 is 6.18 Å². The molecule has 0 bridgehead atoms. The zero-order chi connectivity index (χ0) is 21.0. The average molecular weight is 428 g/mol. The summed E-state index contributed by atoms with van der Waals surface area (Å²) in [5.41, 5.74) is 5.00. The first-order valence-corrected chi connectivity index (χ1v) is 9.96. The van der Waals surface area contributed by atoms with Crippen LogP contribution in [-0.4, -0.2) is 49.9 Å². The number of ether oxygens (including phenoxy) is 1. The summed E-state index contributed by atoms with van der Waals surface area (Å²) < 4.78 is 56.7. The fourth-order valence-electron chi connectivity index (χ4n) is 2.68. The second-order valence-corrected chi connectivity index (χ2v) is 7.47. The summed E-state index contributed by atoms with van der Waals surface area (Å²) in [5, 5.41) is 9.32. The van der Waals surface area contributed by atoms with Gasteiger partial charge in [0.15, 0.2) is 6.61 Å². The summed E-state index contributed by atoms with van der Waals surface area (Å²) >= 11 is 0. The minimum atomic E-state index is -4.46. The minimum Gasteiger partial charge on any atom is -0.484 e. The first kappa shape index (κ1) is 21.1. The van der Waals surface area contributed by atoms with Crippen molar-refractivity contribution in [3.05, 3.63) is 47.8 Å². The smallest absolute Gasteiger partial charge is 0.422 e. The number of aliphatic hydroxyl groups excluding tert-OH is 1. The lowest BCUT2D eigenvalue weighted by Gasteiger charge is -2.14. The molecule has 0 saturated heterocycles. The van der Waals surface area contributed by atoms with Gasteiger partial charge in [0.05, 0.1) is 46.4 Å². The van der Waals surface area contributed by atoms with Crippen LogP contribution in [0.5, 0.6) is 5.75 Å². The SMILES string of the molecule is Cc1c(OCC(F)(F)F)ccnc1CS(=O)c1nc2ccccc2n1NCCO. The third-order valence-corrected chi connectivity index (χ3v) is 5.25. The highest BCUT2D eigenvalue weighted by Gasteiger charge is 2.29. The van der Waals surface area contributed by atoms with Gasteiger partial charge in [-0.2, -0.15) is 13.2 Å². The molecule has 1 atom stereocenters. The lowest BCUT2D eigenvalue weighted by molar-refractivity contribution is -0.153. The Hall–Kier alpha value is -2.66. The van der Waals surface area contributed by atoms with E-state index in [9.17, 15) is 17.4 Å². The van der Waals surface area contributed by atoms with Crippen molar-refractivity contribution in [2.24, 2.45) is 0 Å². The molecule has 2 heterocycles. The Labute approximate surface area is 167 Å². The molecule has 3 aromatic rings. The van der Waals surface area contributed by atoms with E-state index in [4.69, 9.17) is 9.84 Å². The quantitative estimate of drug-likeness (QED) is 0.573. The molecule has 2 N–H and O–H groups in total. The molecule has 7 nitrogen and oxygen atoms in total. The molecule has 11 heteroatoms. The predicted molar refractivity (Wildman–Crippen MR) is 102 cm³/mol. The van der Waals surface area contributed by atoms with Crippen LogP contribution in [0.15, 0.2) is 41.7 Å². The van der Waals surface area contributed by atoms with E-state index >= 15 is 0 Å². The number of alkyl halides is 3. The van der Waals surface area contributed by atoms with Crippen LogP contribution in [0, 0.1) is 6.92 Å². The molecule has 2 aromatic heterocycles. The largest absolute Gasteiger partial charge is 0.484 e. The highest BCUT2D eigenvalue weighted by atomic mass is 32.2. The van der Waals surface area contributed by atoms with Gasteiger partial charge < -0.3 is 15.3 Å². The van der Waals surface area contributed by atoms with Gasteiger partial charge in [-0.05, 0) is 25.1 Å². The van der Waals surface area contributed by atoms with E-state index in [1.165, 1.54) is 12.3 Å². The minimum absolute atomic E-state index is 0.0382. The Morgan fingerprint density at radius 2 is 2.03 bits per heavy atom. The van der Waals surface area contributed by atoms with Crippen LogP contribution < -0.4 is 10.2 Å². The number of hydrogen-bond donors (Lipinski definition) is 2. The molecule has 0 fully saturated rings. The van der Waals surface area contributed by atoms with Crippen LogP contribution in [0.2, 0.25) is 0 Å². The van der Waals surface area contributed by atoms with Crippen LogP contribution in [0.1, 0.15) is 11.3 Å². The van der Waals surface area contributed by atoms with Gasteiger partial charge in [0.1, 0.15) is 5.75 Å². The van der Waals surface area contributed by atoms with Gasteiger partial charge in [-0.15, -0.1) is 0 Å². The van der Waals surface area contributed by atoms with Gasteiger partial charge in [0, 0.05) is 11.8 Å². The maximum atomic E-state index is 13.0. The highest BCUT2D eigenvalue weighted by Crippen LogP contribution is 2.25. The predicted octanol–water partition coefficient (Wildman–Crippen LogP) is 2.52. The third kappa shape index (κ3) is 5.04. The third-order valence-electron chi connectivity index (χ3n) is 4.03. The Morgan fingerprint density at radius 1 is 1.28 bits per heavy atom. The molecule has 1 aromatic carbocycles. The molecule has 3 rings (SSSR count). The summed E-state index contributed by atoms with van der Waals surface area (Å²) in [6.45, 7) is 0.250. The lowest BCUT2D eigenvalue weighted by Crippen LogP contribution is -2.22. The van der Waals surface area contributed by atoms with Crippen molar-refractivity contribution in [2.45, 2.75) is 24.0 Å². The Bertz CT molecular complexity index is 1020. The fraction of sp³-hybridized carbons (Fsp3) is 0.333. The van der Waals surface area contributed by atoms with Crippen molar-refractivity contribution in [1.29, 1.82) is 0 Å². The fourth-order valence-corrected chi connectivity index (χ4v) is 3.92. The molecule has 0 amide bonds. The summed E-state index contributed by atoms with van der Waals surface area (Å²) in [6, 6.07) is 8.50. The van der Waals surface area contributed by atoms with Crippen molar-refractivity contribution < 1.29 is 27.2 Å². The molecular weight excluding hydrogens is 409 g/mol. The van der Waals surface area contributed by atoms with Crippen molar-refractivity contribution >= 4 is 21.8 Å². The van der Waals surface area contributed by atoms with Crippen LogP contribution >= 0.6 is 0 Å². The normalized spacial score (nSPS) is 12.9. The van der Waals surface area contributed by atoms with Gasteiger partial charge in [0.25, 0.3) is 0 Å². The van der Waals surface area contributed by atoms with E-state index in [0.717, 1.165) is 0 Å². The molecule has 0 saturated carbocycles. The van der Waals surface area contributed by atoms with E-state index in [0.29, 0.717) is 22.3 Å². The highest BCUT2D eigenvalue weighted by molar-refractivity contribution is 7.84. The maximum Gasteiger partial charge on any atom is 0.422 e. The van der Waals surface area contributed by atoms with Crippen molar-refractivity contribution in [3.8, 4) is 5.75 Å². The van der Waals surface area contributed by atoms with Gasteiger partial charge in [0.2, 0.25) is 5.16 Å². The first-order valence-electron chi connectivity index (χ1n) is 8.65. The van der Waals surface area contributed by atoms with Crippen molar-refractivity contribution in [3.63, 3.8) is 0 Å². The number of aromatic nitrogens is 3. The van der Waals surface area contributed by atoms with Crippen LogP contribution in [0.4, 0.5) is 13.2 Å². The van der Waals surface area contributed by atoms with E-state index in [2.05, 4.69) is 15.4 Å². The summed E-state index contributed by atoms with van der Waals surface area (Å²) in [6.07, 6.45) is -3.14. The second kappa shape index (κ2) is 8.78. The summed E-state index contributed by atoms with van der Waals surface area (Å²) in [5.74, 6) is -0.0182. The molecule has 29 heavy (non-hydrogen) atoms. The van der Waals surface area contributed by atoms with Gasteiger partial charge in [-0.25, -0.2) is 9.66 Å². The number of imidazole rings is 1. The number of aliphatic hydroxyl groups is 1. The molecule has 0 aliphatic heterocycles. The number of para-hydroxylation sites is 2. The standard InChI is InChI=1S/C18H19F3N4O3S/c1-12-14(22-7-6-16(12)28-11-18(19,20)21)10-29(27)17-24-13-4-2-3-5-15(13)25(17)23-8-9-26/h2-7,23,26H,8-11H2,1H3. The number of pyridine rings is 1. The van der Waals surface area contributed by atoms with E-state index in [1.54, 1.807) is 35.9 Å². The first-order chi connectivity index (χ1) is 13.8. The Kier molecular flexibility index (Phi) is 6.38. The average Bonchev–Trinajstić information content (AvgIpc) is 3.05. The Balaban J connectivity index is 1.87. The zero-order valence-electron chi connectivity index (χ0n) is 15.4. The topological polar surface area (TPSA) is 89.3 Å². The second-order valence-electron chi connectivity index (χ2n) is 6.12. The van der Waals surface area contributed by atoms with E-state index in [-0.39, 0.29) is 29.8 Å². The molecule has 156 valence electrons. The monoisotopic (exact) mass is 428 g/mol. The zero-order valence-corrected chi connectivity index (χ0v) is 16.3. The summed E-state index contributed by atoms with van der Waals surface area (Å²) in [4.78, 5) is 8.54. The van der Waals surface area contributed by atoms with Crippen molar-refractivity contribution in [2.75, 3.05) is 25.2 Å². The molecule has 1 unspecified atom stereocenters. The number of fused-ring (bicyclic) bond motifs is 1.